The number of aromatic nitrogens is 3. The number of rotatable bonds is 3. The second kappa shape index (κ2) is 7.29. The topological polar surface area (TPSA) is 43.9 Å². The van der Waals surface area contributed by atoms with E-state index in [4.69, 9.17) is 4.42 Å². The Morgan fingerprint density at radius 1 is 0.618 bits per heavy atom. The molecule has 0 aliphatic rings. The summed E-state index contributed by atoms with van der Waals surface area (Å²) in [6, 6.07) is 33.8. The molecule has 0 radical (unpaired) electrons. The normalized spacial score (nSPS) is 11.8. The molecular formula is C30H21N3O. The van der Waals surface area contributed by atoms with Crippen LogP contribution in [-0.4, -0.2) is 14.8 Å². The summed E-state index contributed by atoms with van der Waals surface area (Å²) in [5.74, 6) is 1.07. The molecular weight excluding hydrogens is 418 g/mol. The van der Waals surface area contributed by atoms with Gasteiger partial charge in [0.25, 0.3) is 0 Å². The van der Waals surface area contributed by atoms with Gasteiger partial charge < -0.3 is 8.98 Å². The van der Waals surface area contributed by atoms with E-state index in [2.05, 4.69) is 119 Å². The van der Waals surface area contributed by atoms with Crippen LogP contribution in [0.4, 0.5) is 0 Å². The molecule has 0 amide bonds. The third kappa shape index (κ3) is 2.72. The monoisotopic (exact) mass is 439 g/mol. The van der Waals surface area contributed by atoms with E-state index >= 15 is 0 Å². The average Bonchev–Trinajstić information content (AvgIpc) is 3.50. The molecule has 0 atom stereocenters. The fraction of sp³-hybridized carbons (Fsp3) is 0.0667. The van der Waals surface area contributed by atoms with Gasteiger partial charge in [0.15, 0.2) is 0 Å². The predicted molar refractivity (Wildman–Crippen MR) is 139 cm³/mol. The van der Waals surface area contributed by atoms with Crippen molar-refractivity contribution in [1.29, 1.82) is 0 Å². The number of nitrogens with zero attached hydrogens (tertiary/aromatic N) is 3. The van der Waals surface area contributed by atoms with Crippen LogP contribution in [0.25, 0.3) is 66.3 Å². The summed E-state index contributed by atoms with van der Waals surface area (Å²) in [6.07, 6.45) is 0. The van der Waals surface area contributed by atoms with Crippen molar-refractivity contribution in [1.82, 2.24) is 14.8 Å². The van der Waals surface area contributed by atoms with Crippen LogP contribution in [0.5, 0.6) is 0 Å². The van der Waals surface area contributed by atoms with Crippen LogP contribution < -0.4 is 0 Å². The smallest absolute Gasteiger partial charge is 0.249 e. The minimum atomic E-state index is 0.530. The van der Waals surface area contributed by atoms with Crippen LogP contribution >= 0.6 is 0 Å². The molecule has 0 aliphatic heterocycles. The van der Waals surface area contributed by atoms with Crippen molar-refractivity contribution in [3.63, 3.8) is 0 Å². The molecule has 5 aromatic carbocycles. The molecule has 7 rings (SSSR count). The number of benzene rings is 5. The second-order valence-electron chi connectivity index (χ2n) is 8.60. The van der Waals surface area contributed by atoms with Crippen molar-refractivity contribution in [2.45, 2.75) is 13.5 Å². The van der Waals surface area contributed by atoms with Crippen LogP contribution in [0.2, 0.25) is 0 Å². The molecule has 7 aromatic rings. The third-order valence-electron chi connectivity index (χ3n) is 6.75. The maximum atomic E-state index is 6.34. The molecule has 0 bridgehead atoms. The van der Waals surface area contributed by atoms with Crippen LogP contribution in [-0.2, 0) is 6.54 Å². The average molecular weight is 440 g/mol. The van der Waals surface area contributed by atoms with Gasteiger partial charge in [-0.15, -0.1) is 10.2 Å². The lowest BCUT2D eigenvalue weighted by Crippen LogP contribution is -1.92. The molecule has 162 valence electrons. The van der Waals surface area contributed by atoms with E-state index in [0.29, 0.717) is 11.8 Å². The largest absolute Gasteiger partial charge is 0.416 e. The quantitative estimate of drug-likeness (QED) is 0.263. The van der Waals surface area contributed by atoms with E-state index in [1.165, 1.54) is 21.8 Å². The van der Waals surface area contributed by atoms with E-state index in [1.54, 1.807) is 0 Å². The van der Waals surface area contributed by atoms with Gasteiger partial charge in [-0.3, -0.25) is 0 Å². The van der Waals surface area contributed by atoms with Gasteiger partial charge in [-0.2, -0.15) is 0 Å². The summed E-state index contributed by atoms with van der Waals surface area (Å²) in [7, 11) is 0. The van der Waals surface area contributed by atoms with Crippen LogP contribution in [0, 0.1) is 0 Å². The van der Waals surface area contributed by atoms with Crippen molar-refractivity contribution in [2.75, 3.05) is 0 Å². The molecule has 4 heteroatoms. The fourth-order valence-corrected chi connectivity index (χ4v) is 5.21. The van der Waals surface area contributed by atoms with Crippen LogP contribution in [0.1, 0.15) is 6.92 Å². The summed E-state index contributed by atoms with van der Waals surface area (Å²) in [5.41, 5.74) is 4.36. The van der Waals surface area contributed by atoms with Crippen molar-refractivity contribution in [3.05, 3.63) is 97.1 Å². The lowest BCUT2D eigenvalue weighted by molar-refractivity contribution is 0.586. The lowest BCUT2D eigenvalue weighted by Gasteiger charge is -2.08. The molecule has 0 N–H and O–H groups in total. The van der Waals surface area contributed by atoms with E-state index in [1.807, 2.05) is 0 Å². The zero-order valence-corrected chi connectivity index (χ0v) is 18.7. The molecule has 34 heavy (non-hydrogen) atoms. The summed E-state index contributed by atoms with van der Waals surface area (Å²) in [4.78, 5) is 0. The minimum absolute atomic E-state index is 0.530. The summed E-state index contributed by atoms with van der Waals surface area (Å²) >= 11 is 0. The Bertz CT molecular complexity index is 1800. The van der Waals surface area contributed by atoms with Gasteiger partial charge in [0, 0.05) is 33.9 Å². The highest BCUT2D eigenvalue weighted by Gasteiger charge is 2.18. The molecule has 0 saturated heterocycles. The summed E-state index contributed by atoms with van der Waals surface area (Å²) in [6.45, 7) is 3.10. The van der Waals surface area contributed by atoms with Crippen LogP contribution in [0.15, 0.2) is 101 Å². The molecule has 0 saturated carbocycles. The first-order chi connectivity index (χ1) is 16.8. The Hall–Kier alpha value is -4.44. The van der Waals surface area contributed by atoms with Gasteiger partial charge in [-0.1, -0.05) is 66.7 Å². The molecule has 2 aromatic heterocycles. The zero-order chi connectivity index (χ0) is 22.6. The van der Waals surface area contributed by atoms with Crippen molar-refractivity contribution >= 4 is 43.4 Å². The maximum absolute atomic E-state index is 6.34. The van der Waals surface area contributed by atoms with Crippen LogP contribution in [0.3, 0.4) is 0 Å². The Morgan fingerprint density at radius 3 is 1.97 bits per heavy atom. The Kier molecular flexibility index (Phi) is 4.09. The van der Waals surface area contributed by atoms with Gasteiger partial charge >= 0.3 is 0 Å². The van der Waals surface area contributed by atoms with E-state index in [-0.39, 0.29) is 0 Å². The van der Waals surface area contributed by atoms with E-state index in [9.17, 15) is 0 Å². The second-order valence-corrected chi connectivity index (χ2v) is 8.60. The highest BCUT2D eigenvalue weighted by molar-refractivity contribution is 6.11. The third-order valence-corrected chi connectivity index (χ3v) is 6.75. The molecule has 0 fully saturated rings. The molecule has 4 nitrogen and oxygen atoms in total. The first-order valence-corrected chi connectivity index (χ1v) is 11.6. The minimum Gasteiger partial charge on any atom is -0.416 e. The van der Waals surface area contributed by atoms with Crippen molar-refractivity contribution in [3.8, 4) is 22.9 Å². The van der Waals surface area contributed by atoms with Gasteiger partial charge in [0.1, 0.15) is 0 Å². The molecule has 0 unspecified atom stereocenters. The Balaban J connectivity index is 1.44. The zero-order valence-electron chi connectivity index (χ0n) is 18.7. The lowest BCUT2D eigenvalue weighted by atomic mass is 9.97. The Morgan fingerprint density at radius 2 is 1.24 bits per heavy atom. The van der Waals surface area contributed by atoms with Gasteiger partial charge in [-0.25, -0.2) is 0 Å². The molecule has 2 heterocycles. The fourth-order valence-electron chi connectivity index (χ4n) is 5.21. The van der Waals surface area contributed by atoms with Crippen molar-refractivity contribution in [2.24, 2.45) is 0 Å². The van der Waals surface area contributed by atoms with E-state index in [0.717, 1.165) is 39.2 Å². The summed E-state index contributed by atoms with van der Waals surface area (Å²) < 4.78 is 8.68. The van der Waals surface area contributed by atoms with Gasteiger partial charge in [0.2, 0.25) is 11.8 Å². The Labute approximate surface area is 196 Å². The first-order valence-electron chi connectivity index (χ1n) is 11.6. The van der Waals surface area contributed by atoms with Gasteiger partial charge in [0.05, 0.1) is 5.56 Å². The van der Waals surface area contributed by atoms with Gasteiger partial charge in [-0.05, 0) is 58.8 Å². The van der Waals surface area contributed by atoms with Crippen molar-refractivity contribution < 1.29 is 4.42 Å². The molecule has 0 spiro atoms. The predicted octanol–water partition coefficient (Wildman–Crippen LogP) is 7.84. The summed E-state index contributed by atoms with van der Waals surface area (Å²) in [5, 5.41) is 15.9. The number of aryl methyl sites for hydroxylation is 1. The first kappa shape index (κ1) is 19.1. The number of fused-ring (bicyclic) bond motifs is 5. The highest BCUT2D eigenvalue weighted by Crippen LogP contribution is 2.37. The SMILES string of the molecule is CCn1c2ccccc2c2cc(-c3nnc(-c4c5ccccc5cc5ccccc45)o3)ccc21. The maximum Gasteiger partial charge on any atom is 0.249 e. The number of para-hydroxylation sites is 1. The molecule has 0 aliphatic carbocycles. The highest BCUT2D eigenvalue weighted by atomic mass is 16.4. The number of hydrogen-bond donors (Lipinski definition) is 0. The van der Waals surface area contributed by atoms with E-state index < -0.39 is 0 Å². The number of hydrogen-bond acceptors (Lipinski definition) is 3. The standard InChI is InChI=1S/C30H21N3O/c1-2-33-26-14-8-7-13-24(26)25-18-21(15-16-27(25)33)29-31-32-30(34-29)28-22-11-5-3-9-19(22)17-20-10-4-6-12-23(20)28/h3-18H,2H2,1H3.